The van der Waals surface area contributed by atoms with Crippen molar-refractivity contribution in [1.82, 2.24) is 9.80 Å². The largest absolute Gasteiger partial charge is 0.469 e. The molecule has 0 bridgehead atoms. The van der Waals surface area contributed by atoms with Crippen molar-refractivity contribution in [1.29, 1.82) is 0 Å². The Balaban J connectivity index is 1.54. The van der Waals surface area contributed by atoms with Gasteiger partial charge in [0, 0.05) is 25.2 Å². The van der Waals surface area contributed by atoms with Crippen LogP contribution >= 0.6 is 0 Å². The number of furan rings is 1. The van der Waals surface area contributed by atoms with Crippen LogP contribution in [0, 0.1) is 6.92 Å². The highest BCUT2D eigenvalue weighted by Gasteiger charge is 2.32. The minimum absolute atomic E-state index is 0.0835. The maximum absolute atomic E-state index is 12.7. The number of amides is 1. The summed E-state index contributed by atoms with van der Waals surface area (Å²) in [6.07, 6.45) is 3.83. The molecule has 0 spiro atoms. The Bertz CT molecular complexity index is 695. The molecule has 4 nitrogen and oxygen atoms in total. The highest BCUT2D eigenvalue weighted by atomic mass is 16.3. The van der Waals surface area contributed by atoms with Crippen molar-refractivity contribution in [3.8, 4) is 0 Å². The zero-order valence-electron chi connectivity index (χ0n) is 15.4. The van der Waals surface area contributed by atoms with Crippen molar-refractivity contribution in [3.63, 3.8) is 0 Å². The molecule has 1 saturated heterocycles. The molecule has 3 rings (SSSR count). The van der Waals surface area contributed by atoms with E-state index < -0.39 is 0 Å². The van der Waals surface area contributed by atoms with Crippen LogP contribution in [0.25, 0.3) is 0 Å². The Kier molecular flexibility index (Phi) is 5.59. The molecule has 1 aliphatic rings. The highest BCUT2D eigenvalue weighted by Crippen LogP contribution is 2.20. The lowest BCUT2D eigenvalue weighted by Gasteiger charge is -2.44. The van der Waals surface area contributed by atoms with Crippen molar-refractivity contribution in [2.24, 2.45) is 0 Å². The van der Waals surface area contributed by atoms with Crippen molar-refractivity contribution in [2.75, 3.05) is 19.6 Å². The number of nitrogens with zero attached hydrogens (tertiary/aromatic N) is 2. The van der Waals surface area contributed by atoms with Gasteiger partial charge < -0.3 is 9.32 Å². The molecule has 1 fully saturated rings. The second-order valence-electron chi connectivity index (χ2n) is 7.19. The Hall–Kier alpha value is -2.07. The van der Waals surface area contributed by atoms with Crippen molar-refractivity contribution in [2.45, 2.75) is 45.7 Å². The van der Waals surface area contributed by atoms with E-state index in [1.54, 1.807) is 6.26 Å². The van der Waals surface area contributed by atoms with E-state index in [0.29, 0.717) is 11.6 Å². The van der Waals surface area contributed by atoms with E-state index in [9.17, 15) is 4.79 Å². The molecule has 2 aromatic rings. The maximum Gasteiger partial charge on any atom is 0.257 e. The number of hydrogen-bond donors (Lipinski definition) is 0. The first-order valence-corrected chi connectivity index (χ1v) is 9.18. The molecule has 0 N–H and O–H groups in total. The average Bonchev–Trinajstić information content (AvgIpc) is 3.04. The van der Waals surface area contributed by atoms with E-state index >= 15 is 0 Å². The summed E-state index contributed by atoms with van der Waals surface area (Å²) in [7, 11) is 0. The molecule has 0 radical (unpaired) electrons. The van der Waals surface area contributed by atoms with Gasteiger partial charge in [-0.05, 0) is 51.8 Å². The number of rotatable bonds is 5. The summed E-state index contributed by atoms with van der Waals surface area (Å²) >= 11 is 0. The van der Waals surface area contributed by atoms with E-state index in [-0.39, 0.29) is 11.9 Å². The maximum atomic E-state index is 12.7. The third-order valence-corrected chi connectivity index (χ3v) is 5.11. The summed E-state index contributed by atoms with van der Waals surface area (Å²) in [4.78, 5) is 17.2. The van der Waals surface area contributed by atoms with E-state index in [4.69, 9.17) is 4.42 Å². The van der Waals surface area contributed by atoms with Crippen molar-refractivity contribution in [3.05, 3.63) is 59.5 Å². The highest BCUT2D eigenvalue weighted by molar-refractivity contribution is 5.94. The molecule has 0 saturated carbocycles. The van der Waals surface area contributed by atoms with Gasteiger partial charge in [0.1, 0.15) is 12.0 Å². The van der Waals surface area contributed by atoms with Crippen molar-refractivity contribution >= 4 is 5.91 Å². The van der Waals surface area contributed by atoms with Gasteiger partial charge in [-0.25, -0.2) is 0 Å². The van der Waals surface area contributed by atoms with Gasteiger partial charge in [0.2, 0.25) is 0 Å². The van der Waals surface area contributed by atoms with Crippen LogP contribution in [-0.4, -0.2) is 47.4 Å². The summed E-state index contributed by atoms with van der Waals surface area (Å²) in [5.74, 6) is 0.865. The van der Waals surface area contributed by atoms with Crippen LogP contribution in [0.1, 0.15) is 41.9 Å². The zero-order valence-corrected chi connectivity index (χ0v) is 15.4. The van der Waals surface area contributed by atoms with Gasteiger partial charge in [-0.15, -0.1) is 0 Å². The summed E-state index contributed by atoms with van der Waals surface area (Å²) in [5.41, 5.74) is 2.06. The van der Waals surface area contributed by atoms with E-state index in [1.165, 1.54) is 5.56 Å². The number of hydrogen-bond acceptors (Lipinski definition) is 3. The fraction of sp³-hybridized carbons (Fsp3) is 0.476. The standard InChI is InChI=1S/C21H28N2O2/c1-16-14-23(21(24)20-12-18(3)25-15-20)17(2)13-22(16)11-7-10-19-8-5-4-6-9-19/h4-6,8-9,12,15-17H,7,10-11,13-14H2,1-3H3. The fourth-order valence-electron chi connectivity index (χ4n) is 3.65. The van der Waals surface area contributed by atoms with Crippen LogP contribution in [0.5, 0.6) is 0 Å². The Morgan fingerprint density at radius 1 is 1.16 bits per heavy atom. The minimum atomic E-state index is 0.0835. The number of benzene rings is 1. The SMILES string of the molecule is Cc1cc(C(=O)N2CC(C)N(CCCc3ccccc3)CC2C)co1. The van der Waals surface area contributed by atoms with Gasteiger partial charge in [-0.1, -0.05) is 30.3 Å². The molecule has 1 aromatic carbocycles. The molecular weight excluding hydrogens is 312 g/mol. The minimum Gasteiger partial charge on any atom is -0.469 e. The van der Waals surface area contributed by atoms with E-state index in [2.05, 4.69) is 49.1 Å². The Morgan fingerprint density at radius 3 is 2.60 bits per heavy atom. The van der Waals surface area contributed by atoms with E-state index in [0.717, 1.165) is 38.2 Å². The molecule has 25 heavy (non-hydrogen) atoms. The molecule has 2 unspecified atom stereocenters. The summed E-state index contributed by atoms with van der Waals surface area (Å²) in [5, 5.41) is 0. The predicted molar refractivity (Wildman–Crippen MR) is 99.7 cm³/mol. The van der Waals surface area contributed by atoms with Gasteiger partial charge in [0.15, 0.2) is 0 Å². The third-order valence-electron chi connectivity index (χ3n) is 5.11. The Labute approximate surface area is 150 Å². The number of aryl methyl sites for hydroxylation is 2. The first-order valence-electron chi connectivity index (χ1n) is 9.18. The van der Waals surface area contributed by atoms with Crippen LogP contribution in [0.4, 0.5) is 0 Å². The average molecular weight is 340 g/mol. The smallest absolute Gasteiger partial charge is 0.257 e. The van der Waals surface area contributed by atoms with Gasteiger partial charge in [-0.3, -0.25) is 9.69 Å². The molecule has 0 aliphatic carbocycles. The second-order valence-corrected chi connectivity index (χ2v) is 7.19. The predicted octanol–water partition coefficient (Wildman–Crippen LogP) is 3.76. The molecule has 1 amide bonds. The van der Waals surface area contributed by atoms with Gasteiger partial charge >= 0.3 is 0 Å². The topological polar surface area (TPSA) is 36.7 Å². The number of piperazine rings is 1. The lowest BCUT2D eigenvalue weighted by molar-refractivity contribution is 0.0314. The van der Waals surface area contributed by atoms with E-state index in [1.807, 2.05) is 17.9 Å². The monoisotopic (exact) mass is 340 g/mol. The van der Waals surface area contributed by atoms with Crippen LogP contribution in [0.3, 0.4) is 0 Å². The van der Waals surface area contributed by atoms with Crippen LogP contribution < -0.4 is 0 Å². The summed E-state index contributed by atoms with van der Waals surface area (Å²) in [6.45, 7) is 9.01. The van der Waals surface area contributed by atoms with Gasteiger partial charge in [0.05, 0.1) is 5.56 Å². The van der Waals surface area contributed by atoms with Gasteiger partial charge in [0.25, 0.3) is 5.91 Å². The molecule has 4 heteroatoms. The van der Waals surface area contributed by atoms with Crippen LogP contribution in [0.2, 0.25) is 0 Å². The summed E-state index contributed by atoms with van der Waals surface area (Å²) in [6, 6.07) is 13.1. The van der Waals surface area contributed by atoms with Crippen LogP contribution in [-0.2, 0) is 6.42 Å². The number of carbonyl (C=O) groups excluding carboxylic acids is 1. The number of carbonyl (C=O) groups is 1. The fourth-order valence-corrected chi connectivity index (χ4v) is 3.65. The van der Waals surface area contributed by atoms with Crippen molar-refractivity contribution < 1.29 is 9.21 Å². The molecular formula is C21H28N2O2. The molecule has 1 aromatic heterocycles. The third kappa shape index (κ3) is 4.31. The van der Waals surface area contributed by atoms with Gasteiger partial charge in [-0.2, -0.15) is 0 Å². The zero-order chi connectivity index (χ0) is 17.8. The molecule has 2 heterocycles. The lowest BCUT2D eigenvalue weighted by Crippen LogP contribution is -2.58. The molecule has 134 valence electrons. The second kappa shape index (κ2) is 7.87. The Morgan fingerprint density at radius 2 is 1.92 bits per heavy atom. The molecule has 2 atom stereocenters. The quantitative estimate of drug-likeness (QED) is 0.832. The van der Waals surface area contributed by atoms with Crippen LogP contribution in [0.15, 0.2) is 47.1 Å². The molecule has 1 aliphatic heterocycles. The first-order chi connectivity index (χ1) is 12.0. The normalized spacial score (nSPS) is 21.5. The summed E-state index contributed by atoms with van der Waals surface area (Å²) < 4.78 is 5.30. The lowest BCUT2D eigenvalue weighted by atomic mass is 10.1. The first kappa shape index (κ1) is 17.7.